The second-order valence-corrected chi connectivity index (χ2v) is 5.56. The molecule has 0 aliphatic carbocycles. The van der Waals surface area contributed by atoms with Gasteiger partial charge in [0.2, 0.25) is 10.0 Å². The lowest BCUT2D eigenvalue weighted by atomic mass is 10.3. The third-order valence-electron chi connectivity index (χ3n) is 1.89. The number of nitrogens with two attached hydrogens (primary N) is 1. The van der Waals surface area contributed by atoms with Gasteiger partial charge in [0.1, 0.15) is 4.90 Å². The molecule has 15 heavy (non-hydrogen) atoms. The summed E-state index contributed by atoms with van der Waals surface area (Å²) in [6.07, 6.45) is 0. The van der Waals surface area contributed by atoms with E-state index < -0.39 is 10.0 Å². The van der Waals surface area contributed by atoms with E-state index >= 15 is 0 Å². The average Bonchev–Trinajstić information content (AvgIpc) is 2.01. The molecular weight excluding hydrogens is 236 g/mol. The molecule has 0 heterocycles. The first kappa shape index (κ1) is 14.4. The van der Waals surface area contributed by atoms with Crippen molar-refractivity contribution in [2.24, 2.45) is 5.14 Å². The number of halogens is 1. The van der Waals surface area contributed by atoms with Gasteiger partial charge in [-0.15, -0.1) is 12.4 Å². The van der Waals surface area contributed by atoms with Gasteiger partial charge in [0.25, 0.3) is 0 Å². The minimum Gasteiger partial charge on any atom is -0.297 e. The quantitative estimate of drug-likeness (QED) is 0.796. The SMILES string of the molecule is C[N+](C)(C)c1ccccc1S(N)(=O)=O.Cl. The minimum atomic E-state index is -3.63. The summed E-state index contributed by atoms with van der Waals surface area (Å²) in [4.78, 5) is 0.188. The van der Waals surface area contributed by atoms with Crippen molar-refractivity contribution >= 4 is 28.1 Å². The lowest BCUT2D eigenvalue weighted by molar-refractivity contribution is 0.476. The van der Waals surface area contributed by atoms with Crippen LogP contribution in [0.25, 0.3) is 0 Å². The molecule has 1 aromatic carbocycles. The molecule has 86 valence electrons. The number of sulfonamides is 1. The third-order valence-corrected chi connectivity index (χ3v) is 2.85. The molecule has 2 N–H and O–H groups in total. The molecule has 0 aliphatic heterocycles. The van der Waals surface area contributed by atoms with Gasteiger partial charge in [0, 0.05) is 6.07 Å². The Labute approximate surface area is 96.7 Å². The molecular formula is C9H16ClN2O2S+. The van der Waals surface area contributed by atoms with E-state index in [0.717, 1.165) is 0 Å². The van der Waals surface area contributed by atoms with Crippen LogP contribution in [0.2, 0.25) is 0 Å². The Morgan fingerprint density at radius 3 is 1.93 bits per heavy atom. The van der Waals surface area contributed by atoms with E-state index in [0.29, 0.717) is 10.2 Å². The third kappa shape index (κ3) is 3.46. The molecule has 0 saturated heterocycles. The lowest BCUT2D eigenvalue weighted by Crippen LogP contribution is -2.36. The summed E-state index contributed by atoms with van der Waals surface area (Å²) < 4.78 is 23.0. The molecule has 0 atom stereocenters. The van der Waals surface area contributed by atoms with Gasteiger partial charge in [0.15, 0.2) is 5.69 Å². The van der Waals surface area contributed by atoms with Crippen LogP contribution >= 0.6 is 12.4 Å². The normalized spacial score (nSPS) is 12.0. The van der Waals surface area contributed by atoms with E-state index in [4.69, 9.17) is 5.14 Å². The second-order valence-electron chi connectivity index (χ2n) is 4.03. The van der Waals surface area contributed by atoms with E-state index in [1.165, 1.54) is 6.07 Å². The van der Waals surface area contributed by atoms with Crippen molar-refractivity contribution in [2.75, 3.05) is 21.1 Å². The van der Waals surface area contributed by atoms with Crippen LogP contribution in [0, 0.1) is 0 Å². The van der Waals surface area contributed by atoms with Gasteiger partial charge in [-0.2, -0.15) is 0 Å². The highest BCUT2D eigenvalue weighted by molar-refractivity contribution is 7.89. The highest BCUT2D eigenvalue weighted by Crippen LogP contribution is 2.25. The van der Waals surface area contributed by atoms with Crippen molar-refractivity contribution in [3.8, 4) is 0 Å². The summed E-state index contributed by atoms with van der Waals surface area (Å²) in [5.41, 5.74) is 0.690. The van der Waals surface area contributed by atoms with Crippen molar-refractivity contribution in [2.45, 2.75) is 4.90 Å². The zero-order valence-corrected chi connectivity index (χ0v) is 10.6. The number of hydrogen-bond donors (Lipinski definition) is 1. The van der Waals surface area contributed by atoms with Crippen LogP contribution in [0.4, 0.5) is 5.69 Å². The second kappa shape index (κ2) is 4.49. The number of primary sulfonamides is 1. The van der Waals surface area contributed by atoms with Crippen LogP contribution in [0.15, 0.2) is 29.2 Å². The first-order valence-corrected chi connectivity index (χ1v) is 5.71. The van der Waals surface area contributed by atoms with Crippen molar-refractivity contribution in [3.63, 3.8) is 0 Å². The smallest absolute Gasteiger partial charge is 0.243 e. The van der Waals surface area contributed by atoms with E-state index in [-0.39, 0.29) is 17.3 Å². The standard InChI is InChI=1S/C9H15N2O2S.ClH/c1-11(2,3)8-6-4-5-7-9(8)14(10,12)13;/h4-7H,1-3H3,(H2,10,12,13);1H/q+1;. The topological polar surface area (TPSA) is 60.2 Å². The zero-order valence-electron chi connectivity index (χ0n) is 8.97. The molecule has 4 nitrogen and oxygen atoms in total. The fourth-order valence-electron chi connectivity index (χ4n) is 1.25. The lowest BCUT2D eigenvalue weighted by Gasteiger charge is -2.25. The van der Waals surface area contributed by atoms with Gasteiger partial charge in [0.05, 0.1) is 21.1 Å². The van der Waals surface area contributed by atoms with Gasteiger partial charge >= 0.3 is 0 Å². The summed E-state index contributed by atoms with van der Waals surface area (Å²) in [6.45, 7) is 0. The van der Waals surface area contributed by atoms with E-state index in [9.17, 15) is 8.42 Å². The van der Waals surface area contributed by atoms with Crippen molar-refractivity contribution in [1.29, 1.82) is 0 Å². The van der Waals surface area contributed by atoms with E-state index in [2.05, 4.69) is 0 Å². The van der Waals surface area contributed by atoms with Crippen LogP contribution in [0.5, 0.6) is 0 Å². The van der Waals surface area contributed by atoms with Gasteiger partial charge in [-0.3, -0.25) is 4.48 Å². The maximum atomic E-state index is 11.3. The summed E-state index contributed by atoms with van der Waals surface area (Å²) >= 11 is 0. The number of rotatable bonds is 2. The van der Waals surface area contributed by atoms with Gasteiger partial charge in [-0.05, 0) is 6.07 Å². The molecule has 6 heteroatoms. The predicted molar refractivity (Wildman–Crippen MR) is 64.6 cm³/mol. The molecule has 0 amide bonds. The molecule has 0 radical (unpaired) electrons. The highest BCUT2D eigenvalue weighted by Gasteiger charge is 2.23. The zero-order chi connectivity index (χ0) is 11.0. The van der Waals surface area contributed by atoms with Crippen LogP contribution in [0.1, 0.15) is 0 Å². The Kier molecular flexibility index (Phi) is 4.30. The van der Waals surface area contributed by atoms with Gasteiger partial charge < -0.3 is 0 Å². The minimum absolute atomic E-state index is 0. The predicted octanol–water partition coefficient (Wildman–Crippen LogP) is 0.953. The molecule has 0 spiro atoms. The molecule has 0 unspecified atom stereocenters. The Hall–Kier alpha value is -0.620. The fraction of sp³-hybridized carbons (Fsp3) is 0.333. The number of hydrogen-bond acceptors (Lipinski definition) is 2. The Balaban J connectivity index is 0.00000196. The molecule has 0 aromatic heterocycles. The first-order chi connectivity index (χ1) is 6.23. The molecule has 0 bridgehead atoms. The van der Waals surface area contributed by atoms with Crippen molar-refractivity contribution in [3.05, 3.63) is 24.3 Å². The summed E-state index contributed by atoms with van der Waals surface area (Å²) in [5.74, 6) is 0. The van der Waals surface area contributed by atoms with Gasteiger partial charge in [-0.25, -0.2) is 13.6 Å². The van der Waals surface area contributed by atoms with Crippen LogP contribution in [-0.2, 0) is 10.0 Å². The van der Waals surface area contributed by atoms with E-state index in [1.807, 2.05) is 21.1 Å². The maximum absolute atomic E-state index is 11.3. The number of benzene rings is 1. The number of quaternary nitrogens is 1. The Bertz CT molecular complexity index is 438. The number of nitrogens with zero attached hydrogens (tertiary/aromatic N) is 1. The summed E-state index contributed by atoms with van der Waals surface area (Å²) in [5, 5.41) is 5.12. The molecule has 0 fully saturated rings. The van der Waals surface area contributed by atoms with Crippen LogP contribution in [-0.4, -0.2) is 29.6 Å². The largest absolute Gasteiger partial charge is 0.297 e. The van der Waals surface area contributed by atoms with Crippen molar-refractivity contribution in [1.82, 2.24) is 4.48 Å². The van der Waals surface area contributed by atoms with Crippen LogP contribution < -0.4 is 9.62 Å². The molecule has 0 saturated carbocycles. The maximum Gasteiger partial charge on any atom is 0.243 e. The van der Waals surface area contributed by atoms with Crippen LogP contribution in [0.3, 0.4) is 0 Å². The van der Waals surface area contributed by atoms with Gasteiger partial charge in [-0.1, -0.05) is 12.1 Å². The Morgan fingerprint density at radius 2 is 1.60 bits per heavy atom. The Morgan fingerprint density at radius 1 is 1.13 bits per heavy atom. The molecule has 1 aromatic rings. The summed E-state index contributed by atoms with van der Waals surface area (Å²) in [6, 6.07) is 6.75. The summed E-state index contributed by atoms with van der Waals surface area (Å²) in [7, 11) is 2.05. The molecule has 1 rings (SSSR count). The molecule has 0 aliphatic rings. The number of para-hydroxylation sites is 1. The fourth-order valence-corrected chi connectivity index (χ4v) is 2.15. The average molecular weight is 252 g/mol. The highest BCUT2D eigenvalue weighted by atomic mass is 35.5. The first-order valence-electron chi connectivity index (χ1n) is 4.17. The monoisotopic (exact) mass is 251 g/mol. The van der Waals surface area contributed by atoms with Crippen molar-refractivity contribution < 1.29 is 8.42 Å². The van der Waals surface area contributed by atoms with E-state index in [1.54, 1.807) is 18.2 Å².